The number of hydrogen-bond acceptors (Lipinski definition) is 4. The highest BCUT2D eigenvalue weighted by Crippen LogP contribution is 2.13. The summed E-state index contributed by atoms with van der Waals surface area (Å²) in [5.41, 5.74) is 2.44. The van der Waals surface area contributed by atoms with Gasteiger partial charge in [-0.05, 0) is 43.1 Å². The number of nitrogens with one attached hydrogen (secondary N) is 2. The van der Waals surface area contributed by atoms with E-state index in [4.69, 9.17) is 5.41 Å². The van der Waals surface area contributed by atoms with Gasteiger partial charge in [-0.3, -0.25) is 5.41 Å². The van der Waals surface area contributed by atoms with E-state index in [0.29, 0.717) is 5.71 Å². The zero-order valence-electron chi connectivity index (χ0n) is 9.11. The smallest absolute Gasteiger partial charge is 0.133 e. The number of aromatic nitrogens is 3. The minimum Gasteiger partial charge on any atom is -0.342 e. The Labute approximate surface area is 97.7 Å². The minimum absolute atomic E-state index is 0.467. The van der Waals surface area contributed by atoms with Crippen LogP contribution in [0.15, 0.2) is 24.5 Å². The highest BCUT2D eigenvalue weighted by Gasteiger charge is 2.04. The van der Waals surface area contributed by atoms with Crippen molar-refractivity contribution in [1.82, 2.24) is 14.3 Å². The molecule has 0 aliphatic heterocycles. The maximum atomic E-state index is 7.89. The van der Waals surface area contributed by atoms with Gasteiger partial charge in [0.25, 0.3) is 0 Å². The lowest BCUT2D eigenvalue weighted by Crippen LogP contribution is -1.93. The van der Waals surface area contributed by atoms with E-state index in [-0.39, 0.29) is 0 Å². The first kappa shape index (κ1) is 10.8. The molecule has 0 fully saturated rings. The fraction of sp³-hybridized carbons (Fsp3) is 0.182. The molecule has 0 saturated carbocycles. The first-order chi connectivity index (χ1) is 7.66. The fourth-order valence-corrected chi connectivity index (χ4v) is 1.84. The van der Waals surface area contributed by atoms with E-state index in [2.05, 4.69) is 14.3 Å². The Morgan fingerprint density at radius 1 is 1.56 bits per heavy atom. The molecule has 2 aromatic heterocycles. The second kappa shape index (κ2) is 4.40. The summed E-state index contributed by atoms with van der Waals surface area (Å²) in [6, 6.07) is 1.84. The summed E-state index contributed by atoms with van der Waals surface area (Å²) in [5.74, 6) is 0.812. The number of aromatic amines is 1. The van der Waals surface area contributed by atoms with Crippen molar-refractivity contribution >= 4 is 22.8 Å². The third-order valence-corrected chi connectivity index (χ3v) is 2.92. The largest absolute Gasteiger partial charge is 0.342 e. The maximum Gasteiger partial charge on any atom is 0.133 e. The minimum atomic E-state index is 0.467. The topological polar surface area (TPSA) is 65.4 Å². The molecular formula is C11H12N4S. The second-order valence-electron chi connectivity index (χ2n) is 3.53. The van der Waals surface area contributed by atoms with Gasteiger partial charge in [0.15, 0.2) is 0 Å². The SMILES string of the molecule is C/C(=C/C(=N)c1ccns1)c1ncc(C)[nH]1. The predicted octanol–water partition coefficient (Wildman–Crippen LogP) is 2.65. The molecule has 2 heterocycles. The van der Waals surface area contributed by atoms with Crippen molar-refractivity contribution in [3.63, 3.8) is 0 Å². The van der Waals surface area contributed by atoms with Gasteiger partial charge in [-0.2, -0.15) is 0 Å². The second-order valence-corrected chi connectivity index (χ2v) is 4.37. The lowest BCUT2D eigenvalue weighted by Gasteiger charge is -1.97. The van der Waals surface area contributed by atoms with Crippen molar-refractivity contribution in [2.24, 2.45) is 0 Å². The van der Waals surface area contributed by atoms with Crippen molar-refractivity contribution in [3.8, 4) is 0 Å². The first-order valence-corrected chi connectivity index (χ1v) is 5.64. The molecule has 0 aliphatic carbocycles. The predicted molar refractivity (Wildman–Crippen MR) is 65.9 cm³/mol. The van der Waals surface area contributed by atoms with Crippen LogP contribution in [0.5, 0.6) is 0 Å². The van der Waals surface area contributed by atoms with Crippen LogP contribution >= 0.6 is 11.5 Å². The number of nitrogens with zero attached hydrogens (tertiary/aromatic N) is 2. The van der Waals surface area contributed by atoms with Gasteiger partial charge in [-0.15, -0.1) is 0 Å². The average Bonchev–Trinajstić information content (AvgIpc) is 2.87. The summed E-state index contributed by atoms with van der Waals surface area (Å²) in [6.45, 7) is 3.89. The van der Waals surface area contributed by atoms with E-state index in [1.807, 2.05) is 19.9 Å². The summed E-state index contributed by atoms with van der Waals surface area (Å²) in [4.78, 5) is 8.22. The molecule has 4 nitrogen and oxygen atoms in total. The van der Waals surface area contributed by atoms with Crippen molar-refractivity contribution in [3.05, 3.63) is 40.9 Å². The number of hydrogen-bond donors (Lipinski definition) is 2. The molecular weight excluding hydrogens is 220 g/mol. The van der Waals surface area contributed by atoms with Gasteiger partial charge < -0.3 is 4.98 Å². The van der Waals surface area contributed by atoms with E-state index in [1.165, 1.54) is 11.5 Å². The highest BCUT2D eigenvalue weighted by atomic mass is 32.1. The van der Waals surface area contributed by atoms with E-state index in [9.17, 15) is 0 Å². The molecule has 0 atom stereocenters. The molecule has 2 aromatic rings. The van der Waals surface area contributed by atoms with E-state index in [1.54, 1.807) is 18.5 Å². The zero-order chi connectivity index (χ0) is 11.5. The van der Waals surface area contributed by atoms with Gasteiger partial charge in [0.1, 0.15) is 5.82 Å². The highest BCUT2D eigenvalue weighted by molar-refractivity contribution is 7.08. The van der Waals surface area contributed by atoms with Crippen LogP contribution in [0.2, 0.25) is 0 Å². The number of imidazole rings is 1. The van der Waals surface area contributed by atoms with E-state index in [0.717, 1.165) is 22.0 Å². The molecule has 0 aliphatic rings. The number of allylic oxidation sites excluding steroid dienone is 2. The van der Waals surface area contributed by atoms with Crippen LogP contribution in [-0.4, -0.2) is 20.1 Å². The summed E-state index contributed by atoms with van der Waals surface area (Å²) >= 11 is 1.32. The molecule has 82 valence electrons. The van der Waals surface area contributed by atoms with E-state index >= 15 is 0 Å². The maximum absolute atomic E-state index is 7.89. The molecule has 0 bridgehead atoms. The molecule has 0 unspecified atom stereocenters. The number of aryl methyl sites for hydroxylation is 1. The molecule has 0 spiro atoms. The van der Waals surface area contributed by atoms with Gasteiger partial charge in [-0.25, -0.2) is 9.36 Å². The van der Waals surface area contributed by atoms with Crippen molar-refractivity contribution in [1.29, 1.82) is 5.41 Å². The normalized spacial score (nSPS) is 11.8. The van der Waals surface area contributed by atoms with Crippen LogP contribution in [0.1, 0.15) is 23.3 Å². The molecule has 2 rings (SSSR count). The van der Waals surface area contributed by atoms with Crippen molar-refractivity contribution < 1.29 is 0 Å². The Bertz CT molecular complexity index is 522. The Balaban J connectivity index is 2.22. The molecule has 2 N–H and O–H groups in total. The van der Waals surface area contributed by atoms with Gasteiger partial charge >= 0.3 is 0 Å². The van der Waals surface area contributed by atoms with E-state index < -0.39 is 0 Å². The summed E-state index contributed by atoms with van der Waals surface area (Å²) in [5, 5.41) is 7.89. The van der Waals surface area contributed by atoms with Gasteiger partial charge in [0, 0.05) is 18.1 Å². The summed E-state index contributed by atoms with van der Waals surface area (Å²) in [7, 11) is 0. The molecule has 0 radical (unpaired) electrons. The standard InChI is InChI=1S/C11H12N4S/c1-7(11-13-6-8(2)15-11)5-9(12)10-3-4-14-16-10/h3-6,12H,1-2H3,(H,13,15)/b7-5-,12-9?. The number of rotatable bonds is 3. The van der Waals surface area contributed by atoms with Gasteiger partial charge in [0.2, 0.25) is 0 Å². The molecule has 0 amide bonds. The van der Waals surface area contributed by atoms with Gasteiger partial charge in [0.05, 0.1) is 10.6 Å². The van der Waals surface area contributed by atoms with Crippen LogP contribution in [-0.2, 0) is 0 Å². The molecule has 16 heavy (non-hydrogen) atoms. The van der Waals surface area contributed by atoms with Crippen LogP contribution in [0.4, 0.5) is 0 Å². The van der Waals surface area contributed by atoms with Crippen LogP contribution < -0.4 is 0 Å². The summed E-state index contributed by atoms with van der Waals surface area (Å²) in [6.07, 6.45) is 5.28. The molecule has 0 saturated heterocycles. The Hall–Kier alpha value is -1.75. The summed E-state index contributed by atoms with van der Waals surface area (Å²) < 4.78 is 3.98. The lowest BCUT2D eigenvalue weighted by molar-refractivity contribution is 1.20. The van der Waals surface area contributed by atoms with Gasteiger partial charge in [-0.1, -0.05) is 0 Å². The third-order valence-electron chi connectivity index (χ3n) is 2.14. The van der Waals surface area contributed by atoms with Crippen molar-refractivity contribution in [2.75, 3.05) is 0 Å². The zero-order valence-corrected chi connectivity index (χ0v) is 9.93. The first-order valence-electron chi connectivity index (χ1n) is 4.86. The fourth-order valence-electron chi connectivity index (χ4n) is 1.32. The lowest BCUT2D eigenvalue weighted by atomic mass is 10.2. The Morgan fingerprint density at radius 3 is 2.94 bits per heavy atom. The van der Waals surface area contributed by atoms with Crippen LogP contribution in [0.3, 0.4) is 0 Å². The quantitative estimate of drug-likeness (QED) is 0.799. The third kappa shape index (κ3) is 2.25. The Kier molecular flexibility index (Phi) is 2.96. The van der Waals surface area contributed by atoms with Crippen molar-refractivity contribution in [2.45, 2.75) is 13.8 Å². The van der Waals surface area contributed by atoms with Crippen LogP contribution in [0, 0.1) is 12.3 Å². The van der Waals surface area contributed by atoms with Crippen LogP contribution in [0.25, 0.3) is 5.57 Å². The molecule has 5 heteroatoms. The monoisotopic (exact) mass is 232 g/mol. The number of H-pyrrole nitrogens is 1. The molecule has 0 aromatic carbocycles. The average molecular weight is 232 g/mol. The Morgan fingerprint density at radius 2 is 2.38 bits per heavy atom.